The second-order valence-electron chi connectivity index (χ2n) is 4.58. The van der Waals surface area contributed by atoms with Gasteiger partial charge in [-0.2, -0.15) is 0 Å². The average Bonchev–Trinajstić information content (AvgIpc) is 2.76. The molecule has 1 heterocycles. The van der Waals surface area contributed by atoms with E-state index < -0.39 is 0 Å². The second kappa shape index (κ2) is 5.61. The van der Waals surface area contributed by atoms with Crippen molar-refractivity contribution in [2.24, 2.45) is 5.84 Å². The highest BCUT2D eigenvalue weighted by Crippen LogP contribution is 2.26. The van der Waals surface area contributed by atoms with Crippen LogP contribution >= 0.6 is 11.3 Å². The maximum atomic E-state index is 5.69. The Morgan fingerprint density at radius 3 is 2.44 bits per heavy atom. The fraction of sp³-hybridized carbons (Fsp3) is 0.357. The van der Waals surface area contributed by atoms with E-state index in [0.717, 1.165) is 11.4 Å². The summed E-state index contributed by atoms with van der Waals surface area (Å²) in [6.45, 7) is 6.31. The number of hydrazine groups is 1. The normalized spacial score (nSPS) is 12.7. The zero-order chi connectivity index (χ0) is 13.1. The molecule has 18 heavy (non-hydrogen) atoms. The molecule has 3 nitrogen and oxygen atoms in total. The molecule has 1 aromatic carbocycles. The highest BCUT2D eigenvalue weighted by Gasteiger charge is 2.15. The number of hydrogen-bond acceptors (Lipinski definition) is 4. The van der Waals surface area contributed by atoms with Crippen molar-refractivity contribution in [2.45, 2.75) is 33.2 Å². The van der Waals surface area contributed by atoms with Crippen LogP contribution in [0.25, 0.3) is 0 Å². The molecule has 3 N–H and O–H groups in total. The van der Waals surface area contributed by atoms with Gasteiger partial charge in [-0.25, -0.2) is 4.98 Å². The van der Waals surface area contributed by atoms with Crippen LogP contribution < -0.4 is 11.3 Å². The van der Waals surface area contributed by atoms with E-state index >= 15 is 0 Å². The Hall–Kier alpha value is -1.23. The smallest absolute Gasteiger partial charge is 0.0897 e. The third-order valence-corrected chi connectivity index (χ3v) is 4.26. The molecule has 0 aliphatic rings. The number of nitrogens with zero attached hydrogens (tertiary/aromatic N) is 1. The Morgan fingerprint density at radius 1 is 1.28 bits per heavy atom. The van der Waals surface area contributed by atoms with Crippen LogP contribution in [0.2, 0.25) is 0 Å². The predicted octanol–water partition coefficient (Wildman–Crippen LogP) is 2.82. The summed E-state index contributed by atoms with van der Waals surface area (Å²) >= 11 is 1.70. The quantitative estimate of drug-likeness (QED) is 0.657. The molecule has 1 unspecified atom stereocenters. The zero-order valence-corrected chi connectivity index (χ0v) is 11.8. The van der Waals surface area contributed by atoms with Gasteiger partial charge in [0.1, 0.15) is 0 Å². The SMILES string of the molecule is Cc1ncc(C(Cc2c(C)cccc2C)NN)s1. The molecular weight excluding hydrogens is 242 g/mol. The molecule has 0 amide bonds. The number of thiazole rings is 1. The molecule has 0 spiro atoms. The van der Waals surface area contributed by atoms with Gasteiger partial charge in [-0.3, -0.25) is 11.3 Å². The molecule has 0 saturated heterocycles. The number of nitrogens with two attached hydrogens (primary N) is 1. The highest BCUT2D eigenvalue weighted by molar-refractivity contribution is 7.11. The Balaban J connectivity index is 2.26. The summed E-state index contributed by atoms with van der Waals surface area (Å²) in [4.78, 5) is 5.49. The first-order valence-corrected chi connectivity index (χ1v) is 6.87. The Kier molecular flexibility index (Phi) is 4.11. The van der Waals surface area contributed by atoms with E-state index in [1.165, 1.54) is 21.6 Å². The summed E-state index contributed by atoms with van der Waals surface area (Å²) in [5.74, 6) is 5.69. The third kappa shape index (κ3) is 2.77. The van der Waals surface area contributed by atoms with Crippen LogP contribution in [0, 0.1) is 20.8 Å². The van der Waals surface area contributed by atoms with Crippen molar-refractivity contribution in [2.75, 3.05) is 0 Å². The molecule has 96 valence electrons. The van der Waals surface area contributed by atoms with Crippen LogP contribution in [-0.4, -0.2) is 4.98 Å². The van der Waals surface area contributed by atoms with Crippen molar-refractivity contribution >= 4 is 11.3 Å². The standard InChI is InChI=1S/C14H19N3S/c1-9-5-4-6-10(2)12(9)7-13(17-15)14-8-16-11(3)18-14/h4-6,8,13,17H,7,15H2,1-3H3. The monoisotopic (exact) mass is 261 g/mol. The molecule has 0 aliphatic heterocycles. The van der Waals surface area contributed by atoms with E-state index in [-0.39, 0.29) is 6.04 Å². The van der Waals surface area contributed by atoms with E-state index in [1.54, 1.807) is 11.3 Å². The van der Waals surface area contributed by atoms with Gasteiger partial charge in [-0.1, -0.05) is 18.2 Å². The van der Waals surface area contributed by atoms with E-state index in [9.17, 15) is 0 Å². The first-order valence-electron chi connectivity index (χ1n) is 6.05. The summed E-state index contributed by atoms with van der Waals surface area (Å²) in [5.41, 5.74) is 6.90. The lowest BCUT2D eigenvalue weighted by Crippen LogP contribution is -2.29. The number of aryl methyl sites for hydroxylation is 3. The summed E-state index contributed by atoms with van der Waals surface area (Å²) in [6.07, 6.45) is 2.81. The molecule has 1 atom stereocenters. The molecule has 0 saturated carbocycles. The van der Waals surface area contributed by atoms with Gasteiger partial charge in [0.15, 0.2) is 0 Å². The van der Waals surface area contributed by atoms with Crippen molar-refractivity contribution in [1.82, 2.24) is 10.4 Å². The maximum Gasteiger partial charge on any atom is 0.0897 e. The number of benzene rings is 1. The summed E-state index contributed by atoms with van der Waals surface area (Å²) in [5, 5.41) is 1.08. The lowest BCUT2D eigenvalue weighted by atomic mass is 9.96. The van der Waals surface area contributed by atoms with Gasteiger partial charge in [0.25, 0.3) is 0 Å². The van der Waals surface area contributed by atoms with E-state index in [2.05, 4.69) is 42.5 Å². The minimum Gasteiger partial charge on any atom is -0.271 e. The van der Waals surface area contributed by atoms with Crippen molar-refractivity contribution in [3.63, 3.8) is 0 Å². The summed E-state index contributed by atoms with van der Waals surface area (Å²) < 4.78 is 0. The fourth-order valence-corrected chi connectivity index (χ4v) is 3.00. The summed E-state index contributed by atoms with van der Waals surface area (Å²) in [7, 11) is 0. The van der Waals surface area contributed by atoms with Crippen LogP contribution in [0.15, 0.2) is 24.4 Å². The van der Waals surface area contributed by atoms with E-state index in [4.69, 9.17) is 5.84 Å². The molecule has 0 fully saturated rings. The molecule has 0 radical (unpaired) electrons. The maximum absolute atomic E-state index is 5.69. The minimum atomic E-state index is 0.135. The third-order valence-electron chi connectivity index (χ3n) is 3.24. The number of aromatic nitrogens is 1. The van der Waals surface area contributed by atoms with E-state index in [1.807, 2.05) is 13.1 Å². The van der Waals surface area contributed by atoms with Crippen molar-refractivity contribution in [3.05, 3.63) is 51.0 Å². The van der Waals surface area contributed by atoms with Gasteiger partial charge >= 0.3 is 0 Å². The van der Waals surface area contributed by atoms with Crippen LogP contribution in [-0.2, 0) is 6.42 Å². The molecule has 2 aromatic rings. The lowest BCUT2D eigenvalue weighted by Gasteiger charge is -2.17. The minimum absolute atomic E-state index is 0.135. The molecule has 2 rings (SSSR count). The van der Waals surface area contributed by atoms with Crippen molar-refractivity contribution in [3.8, 4) is 0 Å². The van der Waals surface area contributed by atoms with Gasteiger partial charge in [0.05, 0.1) is 11.0 Å². The second-order valence-corrected chi connectivity index (χ2v) is 5.84. The molecule has 0 aliphatic carbocycles. The van der Waals surface area contributed by atoms with Gasteiger partial charge in [0.2, 0.25) is 0 Å². The van der Waals surface area contributed by atoms with Crippen LogP contribution in [0.3, 0.4) is 0 Å². The number of hydrogen-bond donors (Lipinski definition) is 2. The topological polar surface area (TPSA) is 50.9 Å². The zero-order valence-electron chi connectivity index (χ0n) is 11.0. The predicted molar refractivity (Wildman–Crippen MR) is 76.5 cm³/mol. The van der Waals surface area contributed by atoms with Gasteiger partial charge in [-0.05, 0) is 43.9 Å². The molecular formula is C14H19N3S. The largest absolute Gasteiger partial charge is 0.271 e. The first-order chi connectivity index (χ1) is 8.61. The molecule has 0 bridgehead atoms. The molecule has 4 heteroatoms. The van der Waals surface area contributed by atoms with Gasteiger partial charge in [-0.15, -0.1) is 11.3 Å². The van der Waals surface area contributed by atoms with Crippen molar-refractivity contribution in [1.29, 1.82) is 0 Å². The van der Waals surface area contributed by atoms with Crippen LogP contribution in [0.5, 0.6) is 0 Å². The van der Waals surface area contributed by atoms with Crippen LogP contribution in [0.4, 0.5) is 0 Å². The fourth-order valence-electron chi connectivity index (χ4n) is 2.16. The lowest BCUT2D eigenvalue weighted by molar-refractivity contribution is 0.557. The summed E-state index contributed by atoms with van der Waals surface area (Å²) in [6, 6.07) is 6.52. The average molecular weight is 261 g/mol. The van der Waals surface area contributed by atoms with Gasteiger partial charge in [0, 0.05) is 11.1 Å². The first kappa shape index (κ1) is 13.2. The molecule has 1 aromatic heterocycles. The van der Waals surface area contributed by atoms with Crippen LogP contribution in [0.1, 0.15) is 32.6 Å². The Bertz CT molecular complexity index is 513. The highest BCUT2D eigenvalue weighted by atomic mass is 32.1. The number of nitrogens with one attached hydrogen (secondary N) is 1. The van der Waals surface area contributed by atoms with Crippen molar-refractivity contribution < 1.29 is 0 Å². The Morgan fingerprint density at radius 2 is 1.94 bits per heavy atom. The Labute approximate surface area is 112 Å². The van der Waals surface area contributed by atoms with Gasteiger partial charge < -0.3 is 0 Å². The number of rotatable bonds is 4. The van der Waals surface area contributed by atoms with E-state index in [0.29, 0.717) is 0 Å².